The fraction of sp³-hybridized carbons (Fsp3) is 0.192. The third-order valence-corrected chi connectivity index (χ3v) is 8.50. The highest BCUT2D eigenvalue weighted by molar-refractivity contribution is 7.89. The largest absolute Gasteiger partial charge is 0.243 e. The van der Waals surface area contributed by atoms with Crippen LogP contribution in [0.15, 0.2) is 95.2 Å². The summed E-state index contributed by atoms with van der Waals surface area (Å²) in [6, 6.07) is 27.8. The Morgan fingerprint density at radius 1 is 0.812 bits per heavy atom. The summed E-state index contributed by atoms with van der Waals surface area (Å²) >= 11 is 1.63. The number of aromatic nitrogens is 1. The SMILES string of the molecule is CCN(CC)S(=O)(=O)c1ccc(-c2csc(C(c3ccccc3)c3ccccc3)n2)cc1. The van der Waals surface area contributed by atoms with E-state index >= 15 is 0 Å². The maximum absolute atomic E-state index is 12.8. The van der Waals surface area contributed by atoms with Crippen LogP contribution in [-0.4, -0.2) is 30.8 Å². The van der Waals surface area contributed by atoms with Crippen LogP contribution in [-0.2, 0) is 10.0 Å². The van der Waals surface area contributed by atoms with Crippen molar-refractivity contribution in [1.82, 2.24) is 9.29 Å². The van der Waals surface area contributed by atoms with E-state index in [1.165, 1.54) is 15.4 Å². The van der Waals surface area contributed by atoms with Gasteiger partial charge in [-0.25, -0.2) is 13.4 Å². The molecule has 0 atom stereocenters. The first-order valence-corrected chi connectivity index (χ1v) is 13.0. The molecule has 1 aromatic heterocycles. The molecule has 0 fully saturated rings. The molecule has 4 rings (SSSR count). The number of rotatable bonds is 8. The van der Waals surface area contributed by atoms with Gasteiger partial charge in [-0.05, 0) is 23.3 Å². The molecule has 32 heavy (non-hydrogen) atoms. The van der Waals surface area contributed by atoms with Gasteiger partial charge < -0.3 is 0 Å². The van der Waals surface area contributed by atoms with E-state index in [1.54, 1.807) is 23.5 Å². The summed E-state index contributed by atoms with van der Waals surface area (Å²) in [5, 5.41) is 3.06. The van der Waals surface area contributed by atoms with Crippen LogP contribution >= 0.6 is 11.3 Å². The van der Waals surface area contributed by atoms with Gasteiger partial charge in [0.05, 0.1) is 16.5 Å². The first kappa shape index (κ1) is 22.4. The van der Waals surface area contributed by atoms with Gasteiger partial charge in [0, 0.05) is 24.0 Å². The highest BCUT2D eigenvalue weighted by atomic mass is 32.2. The molecule has 0 aliphatic heterocycles. The molecule has 4 aromatic rings. The average molecular weight is 463 g/mol. The minimum absolute atomic E-state index is 0.0541. The maximum Gasteiger partial charge on any atom is 0.243 e. The monoisotopic (exact) mass is 462 g/mol. The number of hydrogen-bond acceptors (Lipinski definition) is 4. The fourth-order valence-corrected chi connectivity index (χ4v) is 6.27. The van der Waals surface area contributed by atoms with Gasteiger partial charge in [0.15, 0.2) is 0 Å². The summed E-state index contributed by atoms with van der Waals surface area (Å²) in [6.07, 6.45) is 0. The quantitative estimate of drug-likeness (QED) is 0.322. The van der Waals surface area contributed by atoms with Crippen molar-refractivity contribution in [1.29, 1.82) is 0 Å². The summed E-state index contributed by atoms with van der Waals surface area (Å²) in [7, 11) is -3.46. The van der Waals surface area contributed by atoms with Crippen LogP contribution in [0.4, 0.5) is 0 Å². The number of benzene rings is 3. The van der Waals surface area contributed by atoms with Crippen LogP contribution in [0.2, 0.25) is 0 Å². The van der Waals surface area contributed by atoms with Gasteiger partial charge in [0.2, 0.25) is 10.0 Å². The van der Waals surface area contributed by atoms with Crippen LogP contribution in [0, 0.1) is 0 Å². The molecular formula is C26H26N2O2S2. The topological polar surface area (TPSA) is 50.3 Å². The number of nitrogens with zero attached hydrogens (tertiary/aromatic N) is 2. The Balaban J connectivity index is 1.67. The zero-order valence-electron chi connectivity index (χ0n) is 18.2. The molecule has 0 saturated heterocycles. The Kier molecular flexibility index (Phi) is 6.84. The van der Waals surface area contributed by atoms with Gasteiger partial charge in [-0.15, -0.1) is 11.3 Å². The Bertz CT molecular complexity index is 1210. The third kappa shape index (κ3) is 4.53. The Morgan fingerprint density at radius 3 is 1.84 bits per heavy atom. The first-order valence-electron chi connectivity index (χ1n) is 10.7. The van der Waals surface area contributed by atoms with Crippen LogP contribution in [0.3, 0.4) is 0 Å². The molecule has 0 bridgehead atoms. The van der Waals surface area contributed by atoms with Crippen molar-refractivity contribution in [3.05, 3.63) is 106 Å². The molecular weight excluding hydrogens is 436 g/mol. The van der Waals surface area contributed by atoms with E-state index in [0.29, 0.717) is 18.0 Å². The number of sulfonamides is 1. The van der Waals surface area contributed by atoms with E-state index in [1.807, 2.05) is 43.5 Å². The highest BCUT2D eigenvalue weighted by Crippen LogP contribution is 2.35. The minimum atomic E-state index is -3.46. The van der Waals surface area contributed by atoms with Gasteiger partial charge >= 0.3 is 0 Å². The molecule has 3 aromatic carbocycles. The lowest BCUT2D eigenvalue weighted by Gasteiger charge is -2.18. The van der Waals surface area contributed by atoms with Gasteiger partial charge in [-0.3, -0.25) is 0 Å². The Morgan fingerprint density at radius 2 is 1.34 bits per heavy atom. The van der Waals surface area contributed by atoms with Crippen LogP contribution in [0.25, 0.3) is 11.3 Å². The summed E-state index contributed by atoms with van der Waals surface area (Å²) in [4.78, 5) is 5.26. The molecule has 0 radical (unpaired) electrons. The molecule has 1 heterocycles. The predicted molar refractivity (Wildman–Crippen MR) is 131 cm³/mol. The molecule has 6 heteroatoms. The third-order valence-electron chi connectivity index (χ3n) is 5.53. The Labute approximate surface area is 194 Å². The lowest BCUT2D eigenvalue weighted by atomic mass is 9.92. The van der Waals surface area contributed by atoms with E-state index in [2.05, 4.69) is 48.5 Å². The molecule has 164 valence electrons. The van der Waals surface area contributed by atoms with Gasteiger partial charge in [0.25, 0.3) is 0 Å². The van der Waals surface area contributed by atoms with E-state index in [0.717, 1.165) is 16.3 Å². The average Bonchev–Trinajstić information content (AvgIpc) is 3.31. The van der Waals surface area contributed by atoms with Crippen molar-refractivity contribution in [2.45, 2.75) is 24.7 Å². The summed E-state index contributed by atoms with van der Waals surface area (Å²) in [5.74, 6) is 0.0541. The van der Waals surface area contributed by atoms with Crippen LogP contribution < -0.4 is 0 Å². The fourth-order valence-electron chi connectivity index (χ4n) is 3.83. The molecule has 0 spiro atoms. The highest BCUT2D eigenvalue weighted by Gasteiger charge is 2.23. The van der Waals surface area contributed by atoms with E-state index < -0.39 is 10.0 Å². The number of thiazole rings is 1. The van der Waals surface area contributed by atoms with Gasteiger partial charge in [-0.2, -0.15) is 4.31 Å². The van der Waals surface area contributed by atoms with Crippen molar-refractivity contribution in [2.24, 2.45) is 0 Å². The van der Waals surface area contributed by atoms with Crippen LogP contribution in [0.1, 0.15) is 35.9 Å². The zero-order valence-corrected chi connectivity index (χ0v) is 19.8. The molecule has 0 N–H and O–H groups in total. The maximum atomic E-state index is 12.8. The van der Waals surface area contributed by atoms with Crippen molar-refractivity contribution in [3.8, 4) is 11.3 Å². The summed E-state index contributed by atoms with van der Waals surface area (Å²) in [5.41, 5.74) is 4.15. The molecule has 0 amide bonds. The summed E-state index contributed by atoms with van der Waals surface area (Å²) in [6.45, 7) is 4.61. The standard InChI is InChI=1S/C26H26N2O2S2/c1-3-28(4-2)32(29,30)23-17-15-20(16-18-23)24-19-31-26(27-24)25(21-11-7-5-8-12-21)22-13-9-6-10-14-22/h5-19,25H,3-4H2,1-2H3. The predicted octanol–water partition coefficient (Wildman–Crippen LogP) is 6.02. The first-order chi connectivity index (χ1) is 15.5. The van der Waals surface area contributed by atoms with E-state index in [4.69, 9.17) is 4.98 Å². The smallest absolute Gasteiger partial charge is 0.240 e. The number of hydrogen-bond donors (Lipinski definition) is 0. The van der Waals surface area contributed by atoms with Crippen molar-refractivity contribution >= 4 is 21.4 Å². The lowest BCUT2D eigenvalue weighted by Crippen LogP contribution is -2.30. The molecule has 0 aliphatic carbocycles. The second kappa shape index (κ2) is 9.77. The van der Waals surface area contributed by atoms with Crippen LogP contribution in [0.5, 0.6) is 0 Å². The van der Waals surface area contributed by atoms with E-state index in [-0.39, 0.29) is 5.92 Å². The second-order valence-electron chi connectivity index (χ2n) is 7.44. The second-order valence-corrected chi connectivity index (χ2v) is 10.3. The molecule has 0 saturated carbocycles. The normalized spacial score (nSPS) is 11.9. The van der Waals surface area contributed by atoms with Gasteiger partial charge in [0.1, 0.15) is 5.01 Å². The lowest BCUT2D eigenvalue weighted by molar-refractivity contribution is 0.445. The van der Waals surface area contributed by atoms with Crippen molar-refractivity contribution in [2.75, 3.05) is 13.1 Å². The van der Waals surface area contributed by atoms with Gasteiger partial charge in [-0.1, -0.05) is 86.6 Å². The van der Waals surface area contributed by atoms with E-state index in [9.17, 15) is 8.42 Å². The summed E-state index contributed by atoms with van der Waals surface area (Å²) < 4.78 is 27.0. The van der Waals surface area contributed by atoms with Crippen molar-refractivity contribution in [3.63, 3.8) is 0 Å². The zero-order chi connectivity index (χ0) is 22.6. The molecule has 4 nitrogen and oxygen atoms in total. The Hall–Kier alpha value is -2.80. The molecule has 0 aliphatic rings. The van der Waals surface area contributed by atoms with Crippen molar-refractivity contribution < 1.29 is 8.42 Å². The minimum Gasteiger partial charge on any atom is -0.240 e. The molecule has 0 unspecified atom stereocenters.